The zero-order chi connectivity index (χ0) is 25.7. The highest BCUT2D eigenvalue weighted by Gasteiger charge is 2.25. The molecule has 0 heterocycles. The van der Waals surface area contributed by atoms with Crippen LogP contribution >= 0.6 is 15.9 Å². The fraction of sp³-hybridized carbons (Fsp3) is 0.500. The van der Waals surface area contributed by atoms with Crippen molar-refractivity contribution < 1.29 is 39.3 Å². The molecule has 0 saturated heterocycles. The van der Waals surface area contributed by atoms with Gasteiger partial charge in [-0.25, -0.2) is 14.4 Å². The van der Waals surface area contributed by atoms with Crippen LogP contribution in [0.25, 0.3) is 0 Å². The molecule has 0 saturated carbocycles. The van der Waals surface area contributed by atoms with Crippen LogP contribution in [-0.2, 0) is 25.7 Å². The summed E-state index contributed by atoms with van der Waals surface area (Å²) in [6.45, 7) is 2.61. The molecule has 11 nitrogen and oxygen atoms in total. The van der Waals surface area contributed by atoms with Gasteiger partial charge in [0.2, 0.25) is 5.91 Å². The molecule has 3 amide bonds. The molecule has 1 aromatic rings. The predicted octanol–water partition coefficient (Wildman–Crippen LogP) is 2.43. The number of hydrogen-bond donors (Lipinski definition) is 5. The minimum absolute atomic E-state index is 0.0312. The first-order valence-electron chi connectivity index (χ1n) is 10.8. The molecule has 0 aliphatic carbocycles. The van der Waals surface area contributed by atoms with E-state index in [9.17, 15) is 29.1 Å². The summed E-state index contributed by atoms with van der Waals surface area (Å²) >= 11 is 3.37. The van der Waals surface area contributed by atoms with Gasteiger partial charge in [-0.3, -0.25) is 9.59 Å². The summed E-state index contributed by atoms with van der Waals surface area (Å²) in [5.74, 6) is -3.96. The average molecular weight is 544 g/mol. The largest absolute Gasteiger partial charge is 0.481 e. The van der Waals surface area contributed by atoms with E-state index in [1.54, 1.807) is 11.8 Å². The van der Waals surface area contributed by atoms with Gasteiger partial charge in [0, 0.05) is 30.4 Å². The van der Waals surface area contributed by atoms with Gasteiger partial charge in [0.1, 0.15) is 12.1 Å². The van der Waals surface area contributed by atoms with Gasteiger partial charge < -0.3 is 30.9 Å². The van der Waals surface area contributed by atoms with E-state index in [2.05, 4.69) is 26.6 Å². The van der Waals surface area contributed by atoms with Crippen molar-refractivity contribution in [3.63, 3.8) is 0 Å². The van der Waals surface area contributed by atoms with Crippen LogP contribution in [0, 0.1) is 0 Å². The maximum atomic E-state index is 12.3. The van der Waals surface area contributed by atoms with Crippen LogP contribution in [0.2, 0.25) is 0 Å². The van der Waals surface area contributed by atoms with Crippen molar-refractivity contribution in [2.45, 2.75) is 64.1 Å². The second-order valence-corrected chi connectivity index (χ2v) is 8.54. The van der Waals surface area contributed by atoms with Crippen molar-refractivity contribution in [3.05, 3.63) is 34.3 Å². The Bertz CT molecular complexity index is 862. The fourth-order valence-corrected chi connectivity index (χ4v) is 3.38. The van der Waals surface area contributed by atoms with E-state index < -0.39 is 42.4 Å². The summed E-state index contributed by atoms with van der Waals surface area (Å²) in [7, 11) is 0. The Labute approximate surface area is 205 Å². The number of carboxylic acid groups (broad SMARTS) is 3. The highest BCUT2D eigenvalue weighted by Crippen LogP contribution is 2.14. The SMILES string of the molecule is CCC(=O)N(CCCC[C@H](NC(=O)N[C@@H](CCC(=O)O)C(=O)O)C(=O)O)Cc1ccc(Br)cc1. The summed E-state index contributed by atoms with van der Waals surface area (Å²) in [5.41, 5.74) is 0.961. The van der Waals surface area contributed by atoms with Gasteiger partial charge in [-0.15, -0.1) is 0 Å². The maximum Gasteiger partial charge on any atom is 0.326 e. The van der Waals surface area contributed by atoms with Crippen molar-refractivity contribution in [3.8, 4) is 0 Å². The number of benzene rings is 1. The number of rotatable bonds is 15. The summed E-state index contributed by atoms with van der Waals surface area (Å²) in [6.07, 6.45) is 0.505. The Hall–Kier alpha value is -3.15. The van der Waals surface area contributed by atoms with Gasteiger partial charge in [0.15, 0.2) is 0 Å². The maximum absolute atomic E-state index is 12.3. The standard InChI is InChI=1S/C22H30BrN3O8/c1-2-18(27)26(13-14-6-8-15(23)9-7-14)12-4-3-5-16(20(30)31)24-22(34)25-17(21(32)33)10-11-19(28)29/h6-9,16-17H,2-5,10-13H2,1H3,(H,28,29)(H,30,31)(H,32,33)(H2,24,25,34)/t16-,17-/m0/s1. The van der Waals surface area contributed by atoms with Crippen LogP contribution in [0.3, 0.4) is 0 Å². The second kappa shape index (κ2) is 14.9. The zero-order valence-electron chi connectivity index (χ0n) is 18.8. The van der Waals surface area contributed by atoms with Crippen LogP contribution < -0.4 is 10.6 Å². The van der Waals surface area contributed by atoms with Crippen LogP contribution in [0.15, 0.2) is 28.7 Å². The first-order chi connectivity index (χ1) is 16.0. The number of carboxylic acids is 3. The monoisotopic (exact) mass is 543 g/mol. The van der Waals surface area contributed by atoms with Gasteiger partial charge >= 0.3 is 23.9 Å². The average Bonchev–Trinajstić information content (AvgIpc) is 2.77. The van der Waals surface area contributed by atoms with Gasteiger partial charge in [0.25, 0.3) is 0 Å². The fourth-order valence-electron chi connectivity index (χ4n) is 3.12. The molecular formula is C22H30BrN3O8. The van der Waals surface area contributed by atoms with Gasteiger partial charge in [-0.1, -0.05) is 35.0 Å². The van der Waals surface area contributed by atoms with Gasteiger partial charge in [0.05, 0.1) is 0 Å². The van der Waals surface area contributed by atoms with Crippen LogP contribution in [-0.4, -0.2) is 68.7 Å². The Kier molecular flexibility index (Phi) is 12.6. The lowest BCUT2D eigenvalue weighted by Crippen LogP contribution is -2.51. The van der Waals surface area contributed by atoms with E-state index in [0.717, 1.165) is 10.0 Å². The van der Waals surface area contributed by atoms with Crippen LogP contribution in [0.5, 0.6) is 0 Å². The molecule has 1 aromatic carbocycles. The summed E-state index contributed by atoms with van der Waals surface area (Å²) in [4.78, 5) is 59.4. The number of amides is 3. The van der Waals surface area contributed by atoms with E-state index in [0.29, 0.717) is 32.4 Å². The van der Waals surface area contributed by atoms with E-state index in [-0.39, 0.29) is 18.7 Å². The quantitative estimate of drug-likeness (QED) is 0.209. The molecule has 0 aromatic heterocycles. The highest BCUT2D eigenvalue weighted by molar-refractivity contribution is 9.10. The molecule has 1 rings (SSSR count). The predicted molar refractivity (Wildman–Crippen MR) is 125 cm³/mol. The third kappa shape index (κ3) is 11.1. The third-order valence-corrected chi connectivity index (χ3v) is 5.50. The number of halogens is 1. The number of carbonyl (C=O) groups excluding carboxylic acids is 2. The first-order valence-corrected chi connectivity index (χ1v) is 11.6. The molecule has 0 unspecified atom stereocenters. The summed E-state index contributed by atoms with van der Waals surface area (Å²) in [5, 5.41) is 31.5. The van der Waals surface area contributed by atoms with Crippen molar-refractivity contribution >= 4 is 45.8 Å². The molecule has 0 fully saturated rings. The summed E-state index contributed by atoms with van der Waals surface area (Å²) < 4.78 is 0.928. The lowest BCUT2D eigenvalue weighted by atomic mass is 10.1. The van der Waals surface area contributed by atoms with E-state index in [1.165, 1.54) is 0 Å². The van der Waals surface area contributed by atoms with E-state index in [4.69, 9.17) is 10.2 Å². The number of unbranched alkanes of at least 4 members (excludes halogenated alkanes) is 1. The lowest BCUT2D eigenvalue weighted by molar-refractivity contribution is -0.140. The Morgan fingerprint density at radius 1 is 0.912 bits per heavy atom. The van der Waals surface area contributed by atoms with E-state index >= 15 is 0 Å². The van der Waals surface area contributed by atoms with Gasteiger partial charge in [-0.2, -0.15) is 0 Å². The number of nitrogens with one attached hydrogen (secondary N) is 2. The van der Waals surface area contributed by atoms with Crippen LogP contribution in [0.4, 0.5) is 4.79 Å². The van der Waals surface area contributed by atoms with E-state index in [1.807, 2.05) is 24.3 Å². The molecule has 34 heavy (non-hydrogen) atoms. The Morgan fingerprint density at radius 3 is 1.97 bits per heavy atom. The van der Waals surface area contributed by atoms with Crippen molar-refractivity contribution in [2.75, 3.05) is 6.54 Å². The number of carbonyl (C=O) groups is 5. The molecule has 188 valence electrons. The number of aliphatic carboxylic acids is 3. The van der Waals surface area contributed by atoms with Gasteiger partial charge in [-0.05, 0) is 43.4 Å². The van der Waals surface area contributed by atoms with Crippen molar-refractivity contribution in [1.82, 2.24) is 15.5 Å². The second-order valence-electron chi connectivity index (χ2n) is 7.62. The topological polar surface area (TPSA) is 173 Å². The van der Waals surface area contributed by atoms with Crippen LogP contribution in [0.1, 0.15) is 51.0 Å². The normalized spacial score (nSPS) is 12.3. The Balaban J connectivity index is 2.58. The number of hydrogen-bond acceptors (Lipinski definition) is 5. The number of urea groups is 1. The minimum Gasteiger partial charge on any atom is -0.481 e. The lowest BCUT2D eigenvalue weighted by Gasteiger charge is -2.23. The molecule has 0 radical (unpaired) electrons. The number of nitrogens with zero attached hydrogens (tertiary/aromatic N) is 1. The molecule has 12 heteroatoms. The summed E-state index contributed by atoms with van der Waals surface area (Å²) in [6, 6.07) is 3.84. The Morgan fingerprint density at radius 2 is 1.47 bits per heavy atom. The molecule has 2 atom stereocenters. The molecule has 0 aliphatic heterocycles. The highest BCUT2D eigenvalue weighted by atomic mass is 79.9. The van der Waals surface area contributed by atoms with Crippen molar-refractivity contribution in [2.24, 2.45) is 0 Å². The molecule has 0 bridgehead atoms. The minimum atomic E-state index is -1.46. The zero-order valence-corrected chi connectivity index (χ0v) is 20.4. The first kappa shape index (κ1) is 28.9. The molecule has 0 aliphatic rings. The van der Waals surface area contributed by atoms with Crippen molar-refractivity contribution in [1.29, 1.82) is 0 Å². The molecule has 5 N–H and O–H groups in total. The molecular weight excluding hydrogens is 514 g/mol. The third-order valence-electron chi connectivity index (χ3n) is 4.97. The smallest absolute Gasteiger partial charge is 0.326 e. The molecule has 0 spiro atoms.